The molecule has 8 aromatic rings. The third kappa shape index (κ3) is 4.71. The molecule has 0 unspecified atom stereocenters. The van der Waals surface area contributed by atoms with Crippen molar-refractivity contribution < 1.29 is 0 Å². The van der Waals surface area contributed by atoms with Crippen LogP contribution in [0.25, 0.3) is 33.0 Å². The molecule has 9 rings (SSSR count). The van der Waals surface area contributed by atoms with E-state index < -0.39 is 5.41 Å². The van der Waals surface area contributed by atoms with Crippen molar-refractivity contribution in [2.75, 3.05) is 4.90 Å². The van der Waals surface area contributed by atoms with Gasteiger partial charge < -0.3 is 4.90 Å². The van der Waals surface area contributed by atoms with Crippen molar-refractivity contribution in [2.45, 2.75) is 10.3 Å². The number of hydrogen-bond acceptors (Lipinski definition) is 2. The summed E-state index contributed by atoms with van der Waals surface area (Å²) >= 11 is 5.13. The van der Waals surface area contributed by atoms with Crippen LogP contribution in [0.15, 0.2) is 199 Å². The van der Waals surface area contributed by atoms with Crippen LogP contribution in [0.2, 0.25) is 0 Å². The Morgan fingerprint density at radius 2 is 0.918 bits per heavy atom. The Morgan fingerprint density at radius 3 is 1.61 bits per heavy atom. The van der Waals surface area contributed by atoms with Gasteiger partial charge in [-0.1, -0.05) is 158 Å². The zero-order chi connectivity index (χ0) is 32.8. The number of nitrogens with zero attached hydrogens (tertiary/aromatic N) is 1. The van der Waals surface area contributed by atoms with Crippen LogP contribution in [-0.4, -0.2) is 0 Å². The van der Waals surface area contributed by atoms with E-state index in [1.807, 2.05) is 0 Å². The molecule has 232 valence electrons. The van der Waals surface area contributed by atoms with Crippen molar-refractivity contribution in [3.05, 3.63) is 216 Å². The first-order chi connectivity index (χ1) is 24.2. The van der Waals surface area contributed by atoms with Crippen molar-refractivity contribution in [3.8, 4) is 22.3 Å². The maximum atomic E-state index is 5.13. The van der Waals surface area contributed by atoms with Crippen LogP contribution in [0.5, 0.6) is 0 Å². The van der Waals surface area contributed by atoms with E-state index in [-0.39, 0.29) is 0 Å². The van der Waals surface area contributed by atoms with E-state index in [1.165, 1.54) is 33.4 Å². The van der Waals surface area contributed by atoms with E-state index >= 15 is 0 Å². The largest absolute Gasteiger partial charge is 0.310 e. The summed E-state index contributed by atoms with van der Waals surface area (Å²) in [6.07, 6.45) is 0. The Bertz CT molecular complexity index is 2410. The van der Waals surface area contributed by atoms with Gasteiger partial charge in [-0.25, -0.2) is 0 Å². The molecule has 0 heterocycles. The van der Waals surface area contributed by atoms with Crippen LogP contribution in [0, 0.1) is 0 Å². The van der Waals surface area contributed by atoms with Crippen LogP contribution in [0.3, 0.4) is 0 Å². The van der Waals surface area contributed by atoms with Gasteiger partial charge in [-0.2, -0.15) is 0 Å². The molecule has 1 nitrogen and oxygen atoms in total. The molecule has 49 heavy (non-hydrogen) atoms. The van der Waals surface area contributed by atoms with E-state index in [0.717, 1.165) is 43.9 Å². The van der Waals surface area contributed by atoms with Crippen LogP contribution < -0.4 is 4.90 Å². The second-order valence-corrected chi connectivity index (χ2v) is 13.1. The minimum Gasteiger partial charge on any atom is -0.310 e. The van der Waals surface area contributed by atoms with E-state index in [4.69, 9.17) is 12.6 Å². The zero-order valence-corrected chi connectivity index (χ0v) is 27.8. The predicted octanol–water partition coefficient (Wildman–Crippen LogP) is 12.6. The number of para-hydroxylation sites is 1. The Hall–Kier alpha value is -5.83. The van der Waals surface area contributed by atoms with Crippen molar-refractivity contribution >= 4 is 40.5 Å². The maximum absolute atomic E-state index is 5.13. The van der Waals surface area contributed by atoms with Gasteiger partial charge in [0.15, 0.2) is 0 Å². The molecule has 0 spiro atoms. The number of rotatable bonds is 6. The summed E-state index contributed by atoms with van der Waals surface area (Å²) in [4.78, 5) is 3.35. The van der Waals surface area contributed by atoms with Crippen LogP contribution >= 0.6 is 12.6 Å². The maximum Gasteiger partial charge on any atom is 0.0714 e. The fourth-order valence-corrected chi connectivity index (χ4v) is 8.29. The minimum absolute atomic E-state index is 0.473. The summed E-state index contributed by atoms with van der Waals surface area (Å²) in [7, 11) is 0. The monoisotopic (exact) mass is 643 g/mol. The molecule has 1 aliphatic rings. The molecule has 0 aromatic heterocycles. The Morgan fingerprint density at radius 1 is 0.388 bits per heavy atom. The summed E-state index contributed by atoms with van der Waals surface area (Å²) in [5, 5.41) is 2.29. The number of thiol groups is 1. The van der Waals surface area contributed by atoms with Crippen molar-refractivity contribution in [2.24, 2.45) is 0 Å². The minimum atomic E-state index is -0.473. The van der Waals surface area contributed by atoms with E-state index in [2.05, 4.69) is 199 Å². The molecule has 2 heteroatoms. The lowest BCUT2D eigenvalue weighted by Crippen LogP contribution is -2.28. The highest BCUT2D eigenvalue weighted by Crippen LogP contribution is 2.56. The quantitative estimate of drug-likeness (QED) is 0.176. The van der Waals surface area contributed by atoms with E-state index in [1.54, 1.807) is 0 Å². The first-order valence-electron chi connectivity index (χ1n) is 16.8. The Kier molecular flexibility index (Phi) is 7.18. The summed E-state index contributed by atoms with van der Waals surface area (Å²) in [6, 6.07) is 70.3. The van der Waals surface area contributed by atoms with Crippen molar-refractivity contribution in [1.29, 1.82) is 0 Å². The summed E-state index contributed by atoms with van der Waals surface area (Å²) in [5.74, 6) is 0. The molecule has 0 aliphatic heterocycles. The topological polar surface area (TPSA) is 3.24 Å². The molecule has 0 saturated heterocycles. The third-order valence-electron chi connectivity index (χ3n) is 10.0. The summed E-state index contributed by atoms with van der Waals surface area (Å²) < 4.78 is 0. The van der Waals surface area contributed by atoms with E-state index in [0.29, 0.717) is 0 Å². The molecular formula is C47H33NS. The molecule has 0 saturated carbocycles. The van der Waals surface area contributed by atoms with Crippen LogP contribution in [-0.2, 0) is 5.41 Å². The van der Waals surface area contributed by atoms with E-state index in [9.17, 15) is 0 Å². The average Bonchev–Trinajstić information content (AvgIpc) is 3.48. The van der Waals surface area contributed by atoms with Gasteiger partial charge >= 0.3 is 0 Å². The molecule has 1 aliphatic carbocycles. The molecule has 0 amide bonds. The van der Waals surface area contributed by atoms with Gasteiger partial charge in [0.25, 0.3) is 0 Å². The highest BCUT2D eigenvalue weighted by Gasteiger charge is 2.46. The molecule has 0 fully saturated rings. The molecule has 0 bridgehead atoms. The summed E-state index contributed by atoms with van der Waals surface area (Å²) in [5.41, 5.74) is 12.8. The number of anilines is 3. The zero-order valence-electron chi connectivity index (χ0n) is 26.9. The first kappa shape index (κ1) is 29.3. The van der Waals surface area contributed by atoms with Crippen molar-refractivity contribution in [1.82, 2.24) is 0 Å². The Labute approximate surface area is 293 Å². The molecular weight excluding hydrogens is 611 g/mol. The SMILES string of the molecule is Sc1c(-c2ccccc2)ccc2ccc(N(c3ccccc3)c3cccc(C4(c5ccccc5)c5ccccc5-c5ccccc54)c3)cc12. The van der Waals surface area contributed by atoms with Gasteiger partial charge in [0, 0.05) is 22.0 Å². The predicted molar refractivity (Wildman–Crippen MR) is 209 cm³/mol. The van der Waals surface area contributed by atoms with Gasteiger partial charge in [-0.15, -0.1) is 12.6 Å². The summed E-state index contributed by atoms with van der Waals surface area (Å²) in [6.45, 7) is 0. The van der Waals surface area contributed by atoms with Crippen LogP contribution in [0.4, 0.5) is 17.1 Å². The van der Waals surface area contributed by atoms with Gasteiger partial charge in [0.05, 0.1) is 5.41 Å². The average molecular weight is 644 g/mol. The normalized spacial score (nSPS) is 12.8. The van der Waals surface area contributed by atoms with Gasteiger partial charge in [0.2, 0.25) is 0 Å². The highest BCUT2D eigenvalue weighted by molar-refractivity contribution is 7.80. The first-order valence-corrected chi connectivity index (χ1v) is 17.2. The number of fused-ring (bicyclic) bond motifs is 4. The molecule has 0 atom stereocenters. The standard InChI is InChI=1S/C47H33NS/c49-46-40(33-15-4-1-5-16-33)30-28-34-27-29-39(32-43(34)46)48(37-20-8-3-9-21-37)38-22-14-19-36(31-38)47(35-17-6-2-7-18-35)44-25-12-10-23-41(44)42-24-11-13-26-45(42)47/h1-32,49H. The van der Waals surface area contributed by atoms with Gasteiger partial charge in [0.1, 0.15) is 0 Å². The molecule has 0 N–H and O–H groups in total. The fraction of sp³-hybridized carbons (Fsp3) is 0.0213. The van der Waals surface area contributed by atoms with Gasteiger partial charge in [-0.05, 0) is 91.7 Å². The molecule has 0 radical (unpaired) electrons. The highest BCUT2D eigenvalue weighted by atomic mass is 32.1. The second-order valence-electron chi connectivity index (χ2n) is 12.7. The number of benzene rings is 8. The molecule has 8 aromatic carbocycles. The smallest absolute Gasteiger partial charge is 0.0714 e. The van der Waals surface area contributed by atoms with Crippen molar-refractivity contribution in [3.63, 3.8) is 0 Å². The lowest BCUT2D eigenvalue weighted by Gasteiger charge is -2.35. The fourth-order valence-electron chi connectivity index (χ4n) is 7.90. The third-order valence-corrected chi connectivity index (χ3v) is 10.5. The van der Waals surface area contributed by atoms with Gasteiger partial charge in [-0.3, -0.25) is 0 Å². The lowest BCUT2D eigenvalue weighted by atomic mass is 9.67. The number of hydrogen-bond donors (Lipinski definition) is 1. The second kappa shape index (κ2) is 12.0. The lowest BCUT2D eigenvalue weighted by molar-refractivity contribution is 0.768. The Balaban J connectivity index is 1.28. The van der Waals surface area contributed by atoms with Crippen LogP contribution in [0.1, 0.15) is 22.3 Å².